The van der Waals surface area contributed by atoms with Gasteiger partial charge >= 0.3 is 12.1 Å². The van der Waals surface area contributed by atoms with Crippen LogP contribution in [0.2, 0.25) is 0 Å². The van der Waals surface area contributed by atoms with E-state index in [2.05, 4.69) is 4.74 Å². The van der Waals surface area contributed by atoms with Gasteiger partial charge in [-0.05, 0) is 24.9 Å². The van der Waals surface area contributed by atoms with E-state index in [0.29, 0.717) is 5.56 Å². The standard InChI is InChI=1S/C15H20F2N2O4/c1-22-13(20)15(12(16)17,8-5-9-18)19-14(21)23-10-11-6-3-2-4-7-11/h2-4,6-7,12H,5,8-10,18H2,1H3,(H,19,21)/t15-/m1/s1. The van der Waals surface area contributed by atoms with Crippen LogP contribution in [0.5, 0.6) is 0 Å². The van der Waals surface area contributed by atoms with Crippen molar-refractivity contribution in [3.8, 4) is 0 Å². The summed E-state index contributed by atoms with van der Waals surface area (Å²) in [4.78, 5) is 23.6. The molecular weight excluding hydrogens is 310 g/mol. The van der Waals surface area contributed by atoms with Crippen molar-refractivity contribution in [2.75, 3.05) is 13.7 Å². The third-order valence-electron chi connectivity index (χ3n) is 3.24. The zero-order valence-electron chi connectivity index (χ0n) is 12.8. The average Bonchev–Trinajstić information content (AvgIpc) is 2.56. The van der Waals surface area contributed by atoms with Crippen molar-refractivity contribution >= 4 is 12.1 Å². The number of rotatable bonds is 8. The summed E-state index contributed by atoms with van der Waals surface area (Å²) in [5, 5.41) is 1.94. The van der Waals surface area contributed by atoms with Gasteiger partial charge in [-0.2, -0.15) is 0 Å². The summed E-state index contributed by atoms with van der Waals surface area (Å²) in [5.74, 6) is -1.24. The summed E-state index contributed by atoms with van der Waals surface area (Å²) in [6.07, 6.45) is -4.53. The number of methoxy groups -OCH3 is 1. The lowest BCUT2D eigenvalue weighted by molar-refractivity contribution is -0.156. The highest BCUT2D eigenvalue weighted by molar-refractivity contribution is 5.86. The van der Waals surface area contributed by atoms with Gasteiger partial charge in [-0.15, -0.1) is 0 Å². The van der Waals surface area contributed by atoms with Crippen LogP contribution in [0.1, 0.15) is 18.4 Å². The highest BCUT2D eigenvalue weighted by Crippen LogP contribution is 2.24. The molecule has 3 N–H and O–H groups in total. The number of benzene rings is 1. The molecule has 0 aliphatic heterocycles. The van der Waals surface area contributed by atoms with Crippen LogP contribution < -0.4 is 11.1 Å². The number of alkyl halides is 2. The fourth-order valence-electron chi connectivity index (χ4n) is 1.97. The van der Waals surface area contributed by atoms with Gasteiger partial charge < -0.3 is 20.5 Å². The van der Waals surface area contributed by atoms with Gasteiger partial charge in [0.25, 0.3) is 6.43 Å². The third-order valence-corrected chi connectivity index (χ3v) is 3.24. The van der Waals surface area contributed by atoms with Crippen molar-refractivity contribution < 1.29 is 27.8 Å². The predicted molar refractivity (Wildman–Crippen MR) is 78.8 cm³/mol. The summed E-state index contributed by atoms with van der Waals surface area (Å²) in [6.45, 7) is -0.0176. The molecule has 8 heteroatoms. The fraction of sp³-hybridized carbons (Fsp3) is 0.467. The summed E-state index contributed by atoms with van der Waals surface area (Å²) in [5.41, 5.74) is 3.52. The first-order valence-corrected chi connectivity index (χ1v) is 7.01. The first kappa shape index (κ1) is 18.8. The topological polar surface area (TPSA) is 90.6 Å². The highest BCUT2D eigenvalue weighted by Gasteiger charge is 2.49. The van der Waals surface area contributed by atoms with Gasteiger partial charge in [0.2, 0.25) is 5.54 Å². The summed E-state index contributed by atoms with van der Waals surface area (Å²) in [7, 11) is 0.971. The normalized spacial score (nSPS) is 13.3. The number of halogens is 2. The minimum Gasteiger partial charge on any atom is -0.467 e. The van der Waals surface area contributed by atoms with Crippen LogP contribution in [0.3, 0.4) is 0 Å². The minimum absolute atomic E-state index is 0.0895. The van der Waals surface area contributed by atoms with E-state index in [0.717, 1.165) is 7.11 Å². The van der Waals surface area contributed by atoms with Crippen LogP contribution >= 0.6 is 0 Å². The SMILES string of the molecule is COC(=O)[C@](CCCN)(NC(=O)OCc1ccccc1)C(F)F. The molecule has 1 atom stereocenters. The zero-order chi connectivity index (χ0) is 17.3. The van der Waals surface area contributed by atoms with E-state index in [1.807, 2.05) is 5.32 Å². The molecule has 0 radical (unpaired) electrons. The maximum absolute atomic E-state index is 13.4. The molecule has 0 spiro atoms. The van der Waals surface area contributed by atoms with Gasteiger partial charge in [-0.1, -0.05) is 30.3 Å². The van der Waals surface area contributed by atoms with E-state index in [1.54, 1.807) is 30.3 Å². The van der Waals surface area contributed by atoms with Gasteiger partial charge in [-0.25, -0.2) is 18.4 Å². The molecule has 23 heavy (non-hydrogen) atoms. The zero-order valence-corrected chi connectivity index (χ0v) is 12.8. The lowest BCUT2D eigenvalue weighted by Gasteiger charge is -2.30. The number of hydrogen-bond acceptors (Lipinski definition) is 5. The molecule has 0 saturated heterocycles. The number of carbonyl (C=O) groups is 2. The number of carbonyl (C=O) groups excluding carboxylic acids is 2. The van der Waals surface area contributed by atoms with Crippen molar-refractivity contribution in [2.45, 2.75) is 31.4 Å². The number of ether oxygens (including phenoxy) is 2. The van der Waals surface area contributed by atoms with E-state index >= 15 is 0 Å². The Balaban J connectivity index is 2.78. The molecule has 0 bridgehead atoms. The van der Waals surface area contributed by atoms with Gasteiger partial charge in [0, 0.05) is 0 Å². The van der Waals surface area contributed by atoms with Crippen LogP contribution in [-0.4, -0.2) is 37.7 Å². The Labute approximate surface area is 132 Å². The summed E-state index contributed by atoms with van der Waals surface area (Å²) in [6, 6.07) is 8.70. The number of nitrogens with one attached hydrogen (secondary N) is 1. The second-order valence-corrected chi connectivity index (χ2v) is 4.84. The molecule has 1 aromatic carbocycles. The molecule has 1 aromatic rings. The Morgan fingerprint density at radius 2 is 1.96 bits per heavy atom. The van der Waals surface area contributed by atoms with Crippen LogP contribution in [0.4, 0.5) is 13.6 Å². The maximum atomic E-state index is 13.4. The molecule has 6 nitrogen and oxygen atoms in total. The van der Waals surface area contributed by atoms with Crippen molar-refractivity contribution in [2.24, 2.45) is 5.73 Å². The molecule has 0 unspecified atom stereocenters. The van der Waals surface area contributed by atoms with Gasteiger partial charge in [0.15, 0.2) is 0 Å². The number of nitrogens with two attached hydrogens (primary N) is 1. The Morgan fingerprint density at radius 1 is 1.30 bits per heavy atom. The fourth-order valence-corrected chi connectivity index (χ4v) is 1.97. The maximum Gasteiger partial charge on any atom is 0.408 e. The molecule has 0 saturated carbocycles. The Bertz CT molecular complexity index is 513. The second kappa shape index (κ2) is 9.04. The number of hydrogen-bond donors (Lipinski definition) is 2. The van der Waals surface area contributed by atoms with E-state index in [1.165, 1.54) is 0 Å². The van der Waals surface area contributed by atoms with Crippen molar-refractivity contribution in [1.29, 1.82) is 0 Å². The highest BCUT2D eigenvalue weighted by atomic mass is 19.3. The average molecular weight is 330 g/mol. The molecule has 128 valence electrons. The molecule has 0 aliphatic carbocycles. The quantitative estimate of drug-likeness (QED) is 0.710. The number of esters is 1. The number of amides is 1. The van der Waals surface area contributed by atoms with Crippen molar-refractivity contribution in [1.82, 2.24) is 5.32 Å². The monoisotopic (exact) mass is 330 g/mol. The Kier molecular flexibility index (Phi) is 7.40. The molecule has 0 aromatic heterocycles. The molecular formula is C15H20F2N2O4. The first-order chi connectivity index (χ1) is 11.0. The van der Waals surface area contributed by atoms with E-state index in [9.17, 15) is 18.4 Å². The van der Waals surface area contributed by atoms with Crippen molar-refractivity contribution in [3.63, 3.8) is 0 Å². The summed E-state index contributed by atoms with van der Waals surface area (Å²) < 4.78 is 36.1. The Hall–Kier alpha value is -2.22. The van der Waals surface area contributed by atoms with E-state index < -0.39 is 24.0 Å². The van der Waals surface area contributed by atoms with Crippen LogP contribution in [0.15, 0.2) is 30.3 Å². The molecule has 0 aliphatic rings. The van der Waals surface area contributed by atoms with Gasteiger partial charge in [0.05, 0.1) is 7.11 Å². The third kappa shape index (κ3) is 5.17. The lowest BCUT2D eigenvalue weighted by atomic mass is 9.94. The predicted octanol–water partition coefficient (Wildman–Crippen LogP) is 1.83. The molecule has 1 amide bonds. The summed E-state index contributed by atoms with van der Waals surface area (Å²) >= 11 is 0. The van der Waals surface area contributed by atoms with E-state index in [-0.39, 0.29) is 26.0 Å². The molecule has 1 rings (SSSR count). The molecule has 0 fully saturated rings. The lowest BCUT2D eigenvalue weighted by Crippen LogP contribution is -2.60. The first-order valence-electron chi connectivity index (χ1n) is 7.01. The molecule has 0 heterocycles. The van der Waals surface area contributed by atoms with Gasteiger partial charge in [-0.3, -0.25) is 0 Å². The number of alkyl carbamates (subject to hydrolysis) is 1. The minimum atomic E-state index is -3.16. The van der Waals surface area contributed by atoms with Crippen molar-refractivity contribution in [3.05, 3.63) is 35.9 Å². The second-order valence-electron chi connectivity index (χ2n) is 4.84. The smallest absolute Gasteiger partial charge is 0.408 e. The van der Waals surface area contributed by atoms with Crippen LogP contribution in [0, 0.1) is 0 Å². The largest absolute Gasteiger partial charge is 0.467 e. The van der Waals surface area contributed by atoms with Crippen LogP contribution in [-0.2, 0) is 20.9 Å². The van der Waals surface area contributed by atoms with E-state index in [4.69, 9.17) is 10.5 Å². The Morgan fingerprint density at radius 3 is 2.48 bits per heavy atom. The van der Waals surface area contributed by atoms with Gasteiger partial charge in [0.1, 0.15) is 6.61 Å². The van der Waals surface area contributed by atoms with Crippen LogP contribution in [0.25, 0.3) is 0 Å².